The van der Waals surface area contributed by atoms with Crippen molar-refractivity contribution < 1.29 is 17.2 Å². The molecular weight excluding hydrogens is 403 g/mol. The van der Waals surface area contributed by atoms with Crippen molar-refractivity contribution in [1.29, 1.82) is 0 Å². The van der Waals surface area contributed by atoms with Crippen molar-refractivity contribution in [1.82, 2.24) is 4.98 Å². The van der Waals surface area contributed by atoms with Gasteiger partial charge in [-0.05, 0) is 61.9 Å². The van der Waals surface area contributed by atoms with Crippen LogP contribution in [0, 0.1) is 12.7 Å². The molecule has 0 saturated heterocycles. The lowest BCUT2D eigenvalue weighted by atomic mass is 10.1. The molecule has 7 heteroatoms. The number of aryl methyl sites for hydroxylation is 1. The zero-order valence-electron chi connectivity index (χ0n) is 16.6. The molecule has 1 atom stereocenters. The van der Waals surface area contributed by atoms with E-state index in [9.17, 15) is 12.8 Å². The summed E-state index contributed by atoms with van der Waals surface area (Å²) in [4.78, 5) is 4.40. The second-order valence-corrected chi connectivity index (χ2v) is 8.76. The summed E-state index contributed by atoms with van der Waals surface area (Å²) < 4.78 is 48.6. The third kappa shape index (κ3) is 3.57. The van der Waals surface area contributed by atoms with Crippen LogP contribution in [-0.4, -0.2) is 13.4 Å². The molecule has 0 N–H and O–H groups in total. The zero-order valence-corrected chi connectivity index (χ0v) is 17.4. The molecule has 2 aromatic heterocycles. The van der Waals surface area contributed by atoms with Crippen LogP contribution in [0.3, 0.4) is 0 Å². The maximum atomic E-state index is 14.0. The smallest absolute Gasteiger partial charge is 0.267 e. The minimum absolute atomic E-state index is 0.0895. The van der Waals surface area contributed by atoms with Gasteiger partial charge in [0.2, 0.25) is 0 Å². The molecule has 30 heavy (non-hydrogen) atoms. The van der Waals surface area contributed by atoms with Crippen LogP contribution in [0.4, 0.5) is 10.1 Å². The Morgan fingerprint density at radius 3 is 2.43 bits per heavy atom. The number of hydrogen-bond donors (Lipinski definition) is 0. The predicted octanol–water partition coefficient (Wildman–Crippen LogP) is 5.62. The van der Waals surface area contributed by atoms with Crippen LogP contribution < -0.4 is 4.31 Å². The van der Waals surface area contributed by atoms with Gasteiger partial charge >= 0.3 is 0 Å². The Morgan fingerprint density at radius 2 is 1.77 bits per heavy atom. The second kappa shape index (κ2) is 7.91. The molecule has 154 valence electrons. The molecule has 2 aromatic carbocycles. The molecule has 4 rings (SSSR count). The van der Waals surface area contributed by atoms with E-state index < -0.39 is 21.9 Å². The Morgan fingerprint density at radius 1 is 1.03 bits per heavy atom. The summed E-state index contributed by atoms with van der Waals surface area (Å²) in [5.41, 5.74) is 0.739. The molecule has 0 aliphatic heterocycles. The molecule has 0 bridgehead atoms. The molecule has 2 heterocycles. The molecule has 4 aromatic rings. The molecule has 0 saturated carbocycles. The first-order chi connectivity index (χ1) is 14.4. The van der Waals surface area contributed by atoms with E-state index in [-0.39, 0.29) is 4.90 Å². The van der Waals surface area contributed by atoms with Crippen molar-refractivity contribution in [3.05, 3.63) is 90.3 Å². The molecule has 0 spiro atoms. The van der Waals surface area contributed by atoms with Crippen molar-refractivity contribution in [2.75, 3.05) is 4.31 Å². The molecule has 0 amide bonds. The highest BCUT2D eigenvalue weighted by Crippen LogP contribution is 2.37. The third-order valence-corrected chi connectivity index (χ3v) is 6.84. The maximum Gasteiger partial charge on any atom is 0.267 e. The fraction of sp³-hybridized carbons (Fsp3) is 0.174. The van der Waals surface area contributed by atoms with Gasteiger partial charge in [-0.3, -0.25) is 9.29 Å². The quantitative estimate of drug-likeness (QED) is 0.403. The van der Waals surface area contributed by atoms with Crippen molar-refractivity contribution in [2.45, 2.75) is 31.2 Å². The number of sulfonamides is 1. The van der Waals surface area contributed by atoms with Gasteiger partial charge < -0.3 is 4.42 Å². The van der Waals surface area contributed by atoms with Crippen molar-refractivity contribution >= 4 is 26.6 Å². The summed E-state index contributed by atoms with van der Waals surface area (Å²) >= 11 is 0. The number of furan rings is 1. The largest absolute Gasteiger partial charge is 0.464 e. The van der Waals surface area contributed by atoms with Crippen LogP contribution in [0.5, 0.6) is 0 Å². The summed E-state index contributed by atoms with van der Waals surface area (Å²) in [5.74, 6) is 0.771. The lowest BCUT2D eigenvalue weighted by Crippen LogP contribution is -2.35. The van der Waals surface area contributed by atoms with Gasteiger partial charge in [-0.15, -0.1) is 0 Å². The number of benzene rings is 2. The van der Waals surface area contributed by atoms with Gasteiger partial charge in [-0.1, -0.05) is 25.1 Å². The number of anilines is 1. The van der Waals surface area contributed by atoms with Gasteiger partial charge in [-0.25, -0.2) is 12.8 Å². The standard InChI is InChI=1S/C23H21FN2O3S/c1-3-20(21-14-9-16(2)29-21)26(19-12-10-18(24)11-13-19)30(27,28)22-8-4-6-17-7-5-15-25-23(17)22/h4-15,20H,3H2,1-2H3. The number of para-hydroxylation sites is 1. The van der Waals surface area contributed by atoms with Crippen LogP contribution in [0.2, 0.25) is 0 Å². The summed E-state index contributed by atoms with van der Waals surface area (Å²) in [6.45, 7) is 3.69. The van der Waals surface area contributed by atoms with Gasteiger partial charge in [0.25, 0.3) is 10.0 Å². The SMILES string of the molecule is CCC(c1ccc(C)o1)N(c1ccc(F)cc1)S(=O)(=O)c1cccc2cccnc12. The Hall–Kier alpha value is -3.19. The molecular formula is C23H21FN2O3S. The Kier molecular flexibility index (Phi) is 5.30. The summed E-state index contributed by atoms with van der Waals surface area (Å²) in [7, 11) is -4.06. The molecule has 0 aliphatic rings. The van der Waals surface area contributed by atoms with Crippen molar-refractivity contribution in [3.63, 3.8) is 0 Å². The first-order valence-corrected chi connectivity index (χ1v) is 11.1. The maximum absolute atomic E-state index is 14.0. The van der Waals surface area contributed by atoms with E-state index in [1.54, 1.807) is 36.5 Å². The van der Waals surface area contributed by atoms with Crippen LogP contribution in [0.15, 0.2) is 82.2 Å². The summed E-state index contributed by atoms with van der Waals surface area (Å²) in [5, 5.41) is 0.722. The number of fused-ring (bicyclic) bond motifs is 1. The number of halogens is 1. The summed E-state index contributed by atoms with van der Waals surface area (Å²) in [6.07, 6.45) is 2.03. The highest BCUT2D eigenvalue weighted by molar-refractivity contribution is 7.93. The topological polar surface area (TPSA) is 63.4 Å². The molecule has 1 unspecified atom stereocenters. The Balaban J connectivity index is 1.95. The number of aromatic nitrogens is 1. The Bertz CT molecular complexity index is 1280. The van der Waals surface area contributed by atoms with E-state index >= 15 is 0 Å². The molecule has 5 nitrogen and oxygen atoms in total. The van der Waals surface area contributed by atoms with E-state index in [2.05, 4.69) is 4.98 Å². The van der Waals surface area contributed by atoms with Gasteiger partial charge in [0.05, 0.1) is 11.2 Å². The van der Waals surface area contributed by atoms with E-state index in [1.807, 2.05) is 26.0 Å². The van der Waals surface area contributed by atoms with Crippen molar-refractivity contribution in [3.8, 4) is 0 Å². The van der Waals surface area contributed by atoms with Crippen molar-refractivity contribution in [2.24, 2.45) is 0 Å². The van der Waals surface area contributed by atoms with Gasteiger partial charge in [0, 0.05) is 11.6 Å². The number of pyridine rings is 1. The normalized spacial score (nSPS) is 12.8. The minimum Gasteiger partial charge on any atom is -0.464 e. The minimum atomic E-state index is -4.06. The first-order valence-electron chi connectivity index (χ1n) is 9.62. The lowest BCUT2D eigenvalue weighted by molar-refractivity contribution is 0.439. The van der Waals surface area contributed by atoms with E-state index in [0.29, 0.717) is 29.1 Å². The zero-order chi connectivity index (χ0) is 21.3. The molecule has 0 fully saturated rings. The van der Waals surface area contributed by atoms with Gasteiger partial charge in [0.15, 0.2) is 0 Å². The monoisotopic (exact) mass is 424 g/mol. The third-order valence-electron chi connectivity index (χ3n) is 4.97. The highest BCUT2D eigenvalue weighted by Gasteiger charge is 2.35. The molecule has 0 radical (unpaired) electrons. The molecule has 0 aliphatic carbocycles. The van der Waals surface area contributed by atoms with Crippen LogP contribution in [0.25, 0.3) is 10.9 Å². The van der Waals surface area contributed by atoms with Crippen LogP contribution in [-0.2, 0) is 10.0 Å². The van der Waals surface area contributed by atoms with Crippen LogP contribution >= 0.6 is 0 Å². The predicted molar refractivity (Wildman–Crippen MR) is 114 cm³/mol. The first kappa shape index (κ1) is 20.1. The van der Waals surface area contributed by atoms with E-state index in [0.717, 1.165) is 5.39 Å². The van der Waals surface area contributed by atoms with Crippen LogP contribution in [0.1, 0.15) is 30.9 Å². The number of hydrogen-bond acceptors (Lipinski definition) is 4. The summed E-state index contributed by atoms with van der Waals surface area (Å²) in [6, 6.07) is 17.0. The number of rotatable bonds is 6. The average Bonchev–Trinajstić information content (AvgIpc) is 3.18. The second-order valence-electron chi connectivity index (χ2n) is 6.98. The van der Waals surface area contributed by atoms with Gasteiger partial charge in [0.1, 0.15) is 28.3 Å². The average molecular weight is 424 g/mol. The fourth-order valence-corrected chi connectivity index (χ4v) is 5.44. The fourth-order valence-electron chi connectivity index (χ4n) is 3.58. The van der Waals surface area contributed by atoms with E-state index in [1.165, 1.54) is 28.6 Å². The number of nitrogens with zero attached hydrogens (tertiary/aromatic N) is 2. The van der Waals surface area contributed by atoms with E-state index in [4.69, 9.17) is 4.42 Å². The highest BCUT2D eigenvalue weighted by atomic mass is 32.2. The lowest BCUT2D eigenvalue weighted by Gasteiger charge is -2.31. The van der Waals surface area contributed by atoms with Gasteiger partial charge in [-0.2, -0.15) is 0 Å². The Labute approximate surface area is 174 Å².